The van der Waals surface area contributed by atoms with Gasteiger partial charge in [-0.05, 0) is 31.0 Å². The van der Waals surface area contributed by atoms with Crippen LogP contribution in [0.2, 0.25) is 5.02 Å². The number of nitrogens with two attached hydrogens (primary N) is 1. The van der Waals surface area contributed by atoms with Gasteiger partial charge in [0.25, 0.3) is 0 Å². The van der Waals surface area contributed by atoms with Crippen LogP contribution >= 0.6 is 11.6 Å². The smallest absolute Gasteiger partial charge is 0.201 e. The molecule has 1 unspecified atom stereocenters. The second-order valence-corrected chi connectivity index (χ2v) is 7.02. The molecule has 0 amide bonds. The van der Waals surface area contributed by atoms with Gasteiger partial charge < -0.3 is 10.3 Å². The number of benzene rings is 2. The molecule has 1 aromatic heterocycles. The second kappa shape index (κ2) is 6.65. The number of imidazole rings is 1. The molecule has 0 saturated carbocycles. The quantitative estimate of drug-likeness (QED) is 0.761. The third-order valence-corrected chi connectivity index (χ3v) is 5.14. The SMILES string of the molecule is Nc1nc2cc(Cl)c(F)cc2n1C1CCCN(Cc2ccccc2)C1. The van der Waals surface area contributed by atoms with Crippen molar-refractivity contribution in [2.75, 3.05) is 18.8 Å². The van der Waals surface area contributed by atoms with Crippen LogP contribution in [0, 0.1) is 5.82 Å². The molecule has 2 N–H and O–H groups in total. The molecule has 1 fully saturated rings. The Morgan fingerprint density at radius 3 is 2.84 bits per heavy atom. The maximum Gasteiger partial charge on any atom is 0.201 e. The third kappa shape index (κ3) is 3.22. The molecule has 4 rings (SSSR count). The number of halogens is 2. The van der Waals surface area contributed by atoms with E-state index in [9.17, 15) is 4.39 Å². The summed E-state index contributed by atoms with van der Waals surface area (Å²) in [5.74, 6) is -0.0181. The molecule has 1 aliphatic heterocycles. The number of piperidine rings is 1. The number of nitrogens with zero attached hydrogens (tertiary/aromatic N) is 3. The number of fused-ring (bicyclic) bond motifs is 1. The van der Waals surface area contributed by atoms with E-state index in [0.29, 0.717) is 17.0 Å². The van der Waals surface area contributed by atoms with E-state index in [-0.39, 0.29) is 11.1 Å². The Morgan fingerprint density at radius 2 is 2.04 bits per heavy atom. The van der Waals surface area contributed by atoms with Crippen LogP contribution in [0.3, 0.4) is 0 Å². The average molecular weight is 359 g/mol. The normalized spacial score (nSPS) is 18.7. The van der Waals surface area contributed by atoms with Crippen LogP contribution in [-0.2, 0) is 6.54 Å². The summed E-state index contributed by atoms with van der Waals surface area (Å²) in [5, 5.41) is 0.0755. The highest BCUT2D eigenvalue weighted by Crippen LogP contribution is 2.31. The minimum atomic E-state index is -0.438. The Hall–Kier alpha value is -2.11. The molecule has 6 heteroatoms. The summed E-state index contributed by atoms with van der Waals surface area (Å²) in [4.78, 5) is 6.79. The summed E-state index contributed by atoms with van der Waals surface area (Å²) < 4.78 is 15.9. The summed E-state index contributed by atoms with van der Waals surface area (Å²) >= 11 is 5.88. The van der Waals surface area contributed by atoms with Gasteiger partial charge >= 0.3 is 0 Å². The van der Waals surface area contributed by atoms with Gasteiger partial charge in [-0.3, -0.25) is 4.90 Å². The van der Waals surface area contributed by atoms with Crippen LogP contribution in [0.25, 0.3) is 11.0 Å². The lowest BCUT2D eigenvalue weighted by Gasteiger charge is -2.34. The first-order valence-corrected chi connectivity index (χ1v) is 8.88. The van der Waals surface area contributed by atoms with Crippen molar-refractivity contribution in [2.45, 2.75) is 25.4 Å². The molecule has 25 heavy (non-hydrogen) atoms. The van der Waals surface area contributed by atoms with E-state index >= 15 is 0 Å². The largest absolute Gasteiger partial charge is 0.369 e. The Labute approximate surface area is 151 Å². The van der Waals surface area contributed by atoms with Crippen molar-refractivity contribution in [2.24, 2.45) is 0 Å². The first kappa shape index (κ1) is 16.4. The van der Waals surface area contributed by atoms with Crippen LogP contribution < -0.4 is 5.73 Å². The minimum Gasteiger partial charge on any atom is -0.369 e. The standard InChI is InChI=1S/C19H20ClFN4/c20-15-9-17-18(10-16(15)21)25(19(22)23-17)14-7-4-8-24(12-14)11-13-5-2-1-3-6-13/h1-3,5-6,9-10,14H,4,7-8,11-12H2,(H2,22,23). The Bertz CT molecular complexity index is 893. The van der Waals surface area contributed by atoms with E-state index in [4.69, 9.17) is 17.3 Å². The number of likely N-dealkylation sites (tertiary alicyclic amines) is 1. The predicted molar refractivity (Wildman–Crippen MR) is 99.1 cm³/mol. The monoisotopic (exact) mass is 358 g/mol. The van der Waals surface area contributed by atoms with E-state index in [1.54, 1.807) is 6.07 Å². The van der Waals surface area contributed by atoms with Gasteiger partial charge in [-0.2, -0.15) is 0 Å². The van der Waals surface area contributed by atoms with Gasteiger partial charge in [0.2, 0.25) is 5.95 Å². The summed E-state index contributed by atoms with van der Waals surface area (Å²) in [6, 6.07) is 13.6. The zero-order chi connectivity index (χ0) is 17.4. The number of anilines is 1. The third-order valence-electron chi connectivity index (χ3n) is 4.85. The predicted octanol–water partition coefficient (Wildman–Crippen LogP) is 4.25. The highest BCUT2D eigenvalue weighted by atomic mass is 35.5. The summed E-state index contributed by atoms with van der Waals surface area (Å²) in [7, 11) is 0. The molecule has 0 spiro atoms. The van der Waals surface area contributed by atoms with Crippen LogP contribution in [0.5, 0.6) is 0 Å². The number of rotatable bonds is 3. The number of nitrogen functional groups attached to an aromatic ring is 1. The minimum absolute atomic E-state index is 0.0755. The Balaban J connectivity index is 1.62. The average Bonchev–Trinajstić information content (AvgIpc) is 2.91. The Kier molecular flexibility index (Phi) is 4.36. The summed E-state index contributed by atoms with van der Waals surface area (Å²) in [6.45, 7) is 2.83. The van der Waals surface area contributed by atoms with Crippen molar-refractivity contribution in [3.8, 4) is 0 Å². The van der Waals surface area contributed by atoms with Crippen molar-refractivity contribution >= 4 is 28.6 Å². The fourth-order valence-corrected chi connectivity index (χ4v) is 3.88. The molecule has 2 heterocycles. The zero-order valence-electron chi connectivity index (χ0n) is 13.8. The van der Waals surface area contributed by atoms with E-state index < -0.39 is 5.82 Å². The van der Waals surface area contributed by atoms with E-state index in [1.165, 1.54) is 11.6 Å². The van der Waals surface area contributed by atoms with Crippen molar-refractivity contribution < 1.29 is 4.39 Å². The topological polar surface area (TPSA) is 47.1 Å². The number of hydrogen-bond donors (Lipinski definition) is 1. The molecular weight excluding hydrogens is 339 g/mol. The van der Waals surface area contributed by atoms with E-state index in [1.807, 2.05) is 10.6 Å². The lowest BCUT2D eigenvalue weighted by Crippen LogP contribution is -2.36. The van der Waals surface area contributed by atoms with Gasteiger partial charge in [0.1, 0.15) is 5.82 Å². The molecule has 2 aromatic carbocycles. The van der Waals surface area contributed by atoms with E-state index in [2.05, 4.69) is 34.1 Å². The number of hydrogen-bond acceptors (Lipinski definition) is 3. The molecule has 1 saturated heterocycles. The first-order valence-electron chi connectivity index (χ1n) is 8.50. The van der Waals surface area contributed by atoms with Gasteiger partial charge in [0.05, 0.1) is 16.1 Å². The van der Waals surface area contributed by atoms with Crippen molar-refractivity contribution in [1.29, 1.82) is 0 Å². The van der Waals surface area contributed by atoms with Crippen LogP contribution in [0.4, 0.5) is 10.3 Å². The summed E-state index contributed by atoms with van der Waals surface area (Å²) in [5.41, 5.74) is 8.80. The van der Waals surface area contributed by atoms with Gasteiger partial charge in [-0.25, -0.2) is 9.37 Å². The van der Waals surface area contributed by atoms with Gasteiger partial charge in [0.15, 0.2) is 0 Å². The Morgan fingerprint density at radius 1 is 1.24 bits per heavy atom. The molecule has 0 aliphatic carbocycles. The fraction of sp³-hybridized carbons (Fsp3) is 0.316. The fourth-order valence-electron chi connectivity index (χ4n) is 3.72. The van der Waals surface area contributed by atoms with Crippen molar-refractivity contribution in [1.82, 2.24) is 14.5 Å². The number of aromatic nitrogens is 2. The highest BCUT2D eigenvalue weighted by molar-refractivity contribution is 6.31. The lowest BCUT2D eigenvalue weighted by atomic mass is 10.0. The van der Waals surface area contributed by atoms with Gasteiger partial charge in [-0.15, -0.1) is 0 Å². The summed E-state index contributed by atoms with van der Waals surface area (Å²) in [6.07, 6.45) is 2.08. The van der Waals surface area contributed by atoms with Crippen LogP contribution in [0.15, 0.2) is 42.5 Å². The van der Waals surface area contributed by atoms with Crippen LogP contribution in [0.1, 0.15) is 24.4 Å². The molecule has 0 bridgehead atoms. The lowest BCUT2D eigenvalue weighted by molar-refractivity contribution is 0.173. The molecule has 1 aliphatic rings. The van der Waals surface area contributed by atoms with Gasteiger partial charge in [0, 0.05) is 25.2 Å². The molecule has 4 nitrogen and oxygen atoms in total. The highest BCUT2D eigenvalue weighted by Gasteiger charge is 2.25. The molecule has 0 radical (unpaired) electrons. The van der Waals surface area contributed by atoms with E-state index in [0.717, 1.165) is 32.5 Å². The second-order valence-electron chi connectivity index (χ2n) is 6.61. The van der Waals surface area contributed by atoms with Crippen molar-refractivity contribution in [3.05, 3.63) is 58.9 Å². The maximum absolute atomic E-state index is 13.9. The van der Waals surface area contributed by atoms with Crippen LogP contribution in [-0.4, -0.2) is 27.5 Å². The maximum atomic E-state index is 13.9. The molecule has 1 atom stereocenters. The molecule has 3 aromatic rings. The van der Waals surface area contributed by atoms with Crippen molar-refractivity contribution in [3.63, 3.8) is 0 Å². The van der Waals surface area contributed by atoms with Gasteiger partial charge in [-0.1, -0.05) is 41.9 Å². The molecule has 130 valence electrons. The zero-order valence-corrected chi connectivity index (χ0v) is 14.6. The first-order chi connectivity index (χ1) is 12.1. The molecular formula is C19H20ClFN4.